The molecular formula is C10H15NS2. The SMILES string of the molecule is CCSCCSc1ccccc1N. The molecule has 1 aromatic rings. The standard InChI is InChI=1S/C10H15NS2/c1-2-12-7-8-13-10-6-4-3-5-9(10)11/h3-6H,2,7-8,11H2,1H3. The van der Waals surface area contributed by atoms with E-state index in [-0.39, 0.29) is 0 Å². The Labute approximate surface area is 88.5 Å². The Bertz CT molecular complexity index is 250. The molecule has 2 N–H and O–H groups in total. The quantitative estimate of drug-likeness (QED) is 0.462. The first-order chi connectivity index (χ1) is 6.34. The fourth-order valence-electron chi connectivity index (χ4n) is 0.967. The Balaban J connectivity index is 2.32. The molecule has 0 bridgehead atoms. The van der Waals surface area contributed by atoms with E-state index >= 15 is 0 Å². The summed E-state index contributed by atoms with van der Waals surface area (Å²) in [6, 6.07) is 8.04. The van der Waals surface area contributed by atoms with Crippen LogP contribution in [0.4, 0.5) is 5.69 Å². The van der Waals surface area contributed by atoms with Crippen LogP contribution in [0, 0.1) is 0 Å². The molecule has 0 saturated heterocycles. The summed E-state index contributed by atoms with van der Waals surface area (Å²) in [7, 11) is 0. The maximum Gasteiger partial charge on any atom is 0.0452 e. The smallest absolute Gasteiger partial charge is 0.0452 e. The highest BCUT2D eigenvalue weighted by Crippen LogP contribution is 2.24. The lowest BCUT2D eigenvalue weighted by molar-refractivity contribution is 1.43. The average Bonchev–Trinajstić information content (AvgIpc) is 2.15. The van der Waals surface area contributed by atoms with Gasteiger partial charge in [-0.15, -0.1) is 11.8 Å². The number of nitrogens with two attached hydrogens (primary N) is 1. The van der Waals surface area contributed by atoms with Crippen molar-refractivity contribution in [3.8, 4) is 0 Å². The summed E-state index contributed by atoms with van der Waals surface area (Å²) in [5.74, 6) is 3.55. The number of benzene rings is 1. The highest BCUT2D eigenvalue weighted by Gasteiger charge is 1.97. The highest BCUT2D eigenvalue weighted by molar-refractivity contribution is 8.03. The first-order valence-electron chi connectivity index (χ1n) is 4.39. The van der Waals surface area contributed by atoms with E-state index in [2.05, 4.69) is 13.0 Å². The van der Waals surface area contributed by atoms with Crippen molar-refractivity contribution in [2.45, 2.75) is 11.8 Å². The van der Waals surface area contributed by atoms with Crippen LogP contribution in [-0.4, -0.2) is 17.3 Å². The molecule has 0 unspecified atom stereocenters. The molecule has 1 nitrogen and oxygen atoms in total. The van der Waals surface area contributed by atoms with E-state index in [1.807, 2.05) is 41.7 Å². The van der Waals surface area contributed by atoms with Crippen LogP contribution >= 0.6 is 23.5 Å². The van der Waals surface area contributed by atoms with Crippen LogP contribution in [0.15, 0.2) is 29.2 Å². The van der Waals surface area contributed by atoms with Crippen molar-refractivity contribution in [2.24, 2.45) is 0 Å². The predicted octanol–water partition coefficient (Wildman–Crippen LogP) is 3.11. The Morgan fingerprint density at radius 1 is 1.23 bits per heavy atom. The molecule has 1 aromatic carbocycles. The molecule has 0 saturated carbocycles. The number of hydrogen-bond donors (Lipinski definition) is 1. The van der Waals surface area contributed by atoms with Crippen molar-refractivity contribution in [1.29, 1.82) is 0 Å². The predicted molar refractivity (Wildman–Crippen MR) is 64.6 cm³/mol. The first-order valence-corrected chi connectivity index (χ1v) is 6.53. The molecule has 0 heterocycles. The summed E-state index contributed by atoms with van der Waals surface area (Å²) in [4.78, 5) is 1.21. The molecule has 3 heteroatoms. The highest BCUT2D eigenvalue weighted by atomic mass is 32.2. The number of rotatable bonds is 5. The van der Waals surface area contributed by atoms with Crippen molar-refractivity contribution in [3.05, 3.63) is 24.3 Å². The van der Waals surface area contributed by atoms with E-state index in [0.29, 0.717) is 0 Å². The van der Waals surface area contributed by atoms with Crippen molar-refractivity contribution in [1.82, 2.24) is 0 Å². The summed E-state index contributed by atoms with van der Waals surface area (Å²) in [5, 5.41) is 0. The Hall–Kier alpha value is -0.280. The fourth-order valence-corrected chi connectivity index (χ4v) is 2.69. The van der Waals surface area contributed by atoms with Crippen molar-refractivity contribution in [3.63, 3.8) is 0 Å². The van der Waals surface area contributed by atoms with Crippen LogP contribution in [0.3, 0.4) is 0 Å². The van der Waals surface area contributed by atoms with E-state index in [1.54, 1.807) is 0 Å². The zero-order valence-electron chi connectivity index (χ0n) is 7.82. The number of hydrogen-bond acceptors (Lipinski definition) is 3. The number of nitrogen functional groups attached to an aromatic ring is 1. The van der Waals surface area contributed by atoms with Crippen LogP contribution in [-0.2, 0) is 0 Å². The van der Waals surface area contributed by atoms with Crippen LogP contribution < -0.4 is 5.73 Å². The lowest BCUT2D eigenvalue weighted by Gasteiger charge is -2.03. The van der Waals surface area contributed by atoms with Crippen molar-refractivity contribution < 1.29 is 0 Å². The Kier molecular flexibility index (Phi) is 5.16. The Morgan fingerprint density at radius 2 is 2.00 bits per heavy atom. The van der Waals surface area contributed by atoms with E-state index in [0.717, 1.165) is 11.4 Å². The van der Waals surface area contributed by atoms with Gasteiger partial charge in [-0.25, -0.2) is 0 Å². The fraction of sp³-hybridized carbons (Fsp3) is 0.400. The summed E-state index contributed by atoms with van der Waals surface area (Å²) >= 11 is 3.81. The summed E-state index contributed by atoms with van der Waals surface area (Å²) in [6.45, 7) is 2.19. The van der Waals surface area contributed by atoms with Crippen LogP contribution in [0.2, 0.25) is 0 Å². The lowest BCUT2D eigenvalue weighted by Crippen LogP contribution is -1.90. The molecule has 0 fully saturated rings. The minimum Gasteiger partial charge on any atom is -0.398 e. The van der Waals surface area contributed by atoms with Gasteiger partial charge in [-0.3, -0.25) is 0 Å². The van der Waals surface area contributed by atoms with Gasteiger partial charge in [0.2, 0.25) is 0 Å². The van der Waals surface area contributed by atoms with Gasteiger partial charge in [-0.2, -0.15) is 11.8 Å². The van der Waals surface area contributed by atoms with Crippen LogP contribution in [0.25, 0.3) is 0 Å². The zero-order valence-corrected chi connectivity index (χ0v) is 9.46. The second-order valence-corrected chi connectivity index (χ2v) is 5.11. The number of anilines is 1. The van der Waals surface area contributed by atoms with Crippen molar-refractivity contribution in [2.75, 3.05) is 23.0 Å². The lowest BCUT2D eigenvalue weighted by atomic mass is 10.3. The summed E-state index contributed by atoms with van der Waals surface area (Å²) in [5.41, 5.74) is 6.70. The first kappa shape index (κ1) is 10.8. The second kappa shape index (κ2) is 6.22. The van der Waals surface area contributed by atoms with Crippen LogP contribution in [0.5, 0.6) is 0 Å². The van der Waals surface area contributed by atoms with Gasteiger partial charge in [-0.1, -0.05) is 19.1 Å². The second-order valence-electron chi connectivity index (χ2n) is 2.58. The van der Waals surface area contributed by atoms with E-state index in [9.17, 15) is 0 Å². The molecule has 0 atom stereocenters. The van der Waals surface area contributed by atoms with Gasteiger partial charge >= 0.3 is 0 Å². The largest absolute Gasteiger partial charge is 0.398 e. The molecule has 0 aliphatic carbocycles. The molecule has 0 aliphatic rings. The maximum absolute atomic E-state index is 5.81. The molecular weight excluding hydrogens is 198 g/mol. The molecule has 0 spiro atoms. The Morgan fingerprint density at radius 3 is 2.69 bits per heavy atom. The normalized spacial score (nSPS) is 10.2. The molecule has 0 aliphatic heterocycles. The van der Waals surface area contributed by atoms with E-state index < -0.39 is 0 Å². The van der Waals surface area contributed by atoms with Gasteiger partial charge in [0.1, 0.15) is 0 Å². The zero-order chi connectivity index (χ0) is 9.52. The van der Waals surface area contributed by atoms with Gasteiger partial charge in [0.25, 0.3) is 0 Å². The molecule has 1 rings (SSSR count). The molecule has 0 radical (unpaired) electrons. The maximum atomic E-state index is 5.81. The van der Waals surface area contributed by atoms with Crippen molar-refractivity contribution >= 4 is 29.2 Å². The third-order valence-corrected chi connectivity index (χ3v) is 3.86. The summed E-state index contributed by atoms with van der Waals surface area (Å²) in [6.07, 6.45) is 0. The topological polar surface area (TPSA) is 26.0 Å². The average molecular weight is 213 g/mol. The van der Waals surface area contributed by atoms with Crippen LogP contribution in [0.1, 0.15) is 6.92 Å². The van der Waals surface area contributed by atoms with Gasteiger partial charge in [-0.05, 0) is 17.9 Å². The van der Waals surface area contributed by atoms with E-state index in [4.69, 9.17) is 5.73 Å². The molecule has 72 valence electrons. The third kappa shape index (κ3) is 3.96. The van der Waals surface area contributed by atoms with E-state index in [1.165, 1.54) is 16.4 Å². The van der Waals surface area contributed by atoms with Gasteiger partial charge in [0.05, 0.1) is 0 Å². The molecule has 0 aromatic heterocycles. The number of thioether (sulfide) groups is 2. The minimum absolute atomic E-state index is 0.897. The molecule has 0 amide bonds. The van der Waals surface area contributed by atoms with Gasteiger partial charge < -0.3 is 5.73 Å². The monoisotopic (exact) mass is 213 g/mol. The van der Waals surface area contributed by atoms with Gasteiger partial charge in [0.15, 0.2) is 0 Å². The minimum atomic E-state index is 0.897. The summed E-state index contributed by atoms with van der Waals surface area (Å²) < 4.78 is 0. The van der Waals surface area contributed by atoms with Gasteiger partial charge in [0, 0.05) is 22.1 Å². The molecule has 13 heavy (non-hydrogen) atoms. The third-order valence-electron chi connectivity index (χ3n) is 1.61. The number of para-hydroxylation sites is 1.